The van der Waals surface area contributed by atoms with Crippen LogP contribution < -0.4 is 4.73 Å². The summed E-state index contributed by atoms with van der Waals surface area (Å²) in [6.45, 7) is 0.853. The molecule has 0 N–H and O–H groups in total. The fourth-order valence-corrected chi connectivity index (χ4v) is 3.31. The highest BCUT2D eigenvalue weighted by molar-refractivity contribution is 7.99. The topological polar surface area (TPSA) is 47.2 Å². The van der Waals surface area contributed by atoms with Crippen molar-refractivity contribution in [2.45, 2.75) is 30.7 Å². The smallest absolute Gasteiger partial charge is 0.251 e. The van der Waals surface area contributed by atoms with Crippen molar-refractivity contribution in [3.05, 3.63) is 29.6 Å². The van der Waals surface area contributed by atoms with Gasteiger partial charge in [-0.3, -0.25) is 4.79 Å². The highest BCUT2D eigenvalue weighted by Crippen LogP contribution is 2.25. The molecule has 0 saturated heterocycles. The fraction of sp³-hybridized carbons (Fsp3) is 0.571. The van der Waals surface area contributed by atoms with Crippen LogP contribution in [-0.2, 0) is 4.79 Å². The number of hydrogen-bond donors (Lipinski definition) is 0. The van der Waals surface area contributed by atoms with Gasteiger partial charge in [-0.15, -0.1) is 0 Å². The quantitative estimate of drug-likeness (QED) is 0.471. The first-order valence-corrected chi connectivity index (χ1v) is 7.70. The van der Waals surface area contributed by atoms with Gasteiger partial charge in [0.05, 0.1) is 5.75 Å². The van der Waals surface area contributed by atoms with Crippen molar-refractivity contribution in [2.75, 3.05) is 19.3 Å². The maximum atomic E-state index is 12.0. The third-order valence-electron chi connectivity index (χ3n) is 3.56. The molecule has 1 heterocycles. The lowest BCUT2D eigenvalue weighted by atomic mass is 10.1. The van der Waals surface area contributed by atoms with E-state index in [4.69, 9.17) is 0 Å². The third-order valence-corrected chi connectivity index (χ3v) is 4.57. The van der Waals surface area contributed by atoms with E-state index in [0.717, 1.165) is 11.3 Å². The van der Waals surface area contributed by atoms with Crippen molar-refractivity contribution in [1.82, 2.24) is 4.90 Å². The second kappa shape index (κ2) is 6.80. The molecule has 1 saturated carbocycles. The summed E-state index contributed by atoms with van der Waals surface area (Å²) in [6, 6.07) is 5.23. The monoisotopic (exact) mass is 280 g/mol. The molecule has 104 valence electrons. The van der Waals surface area contributed by atoms with Crippen molar-refractivity contribution in [1.29, 1.82) is 0 Å². The Labute approximate surface area is 118 Å². The molecule has 0 aliphatic heterocycles. The summed E-state index contributed by atoms with van der Waals surface area (Å²) in [5.74, 6) is 1.09. The zero-order chi connectivity index (χ0) is 13.7. The molecule has 0 atom stereocenters. The van der Waals surface area contributed by atoms with E-state index in [1.165, 1.54) is 43.6 Å². The molecule has 4 nitrogen and oxygen atoms in total. The number of rotatable bonds is 5. The van der Waals surface area contributed by atoms with Gasteiger partial charge in [-0.1, -0.05) is 12.8 Å². The van der Waals surface area contributed by atoms with E-state index in [-0.39, 0.29) is 5.91 Å². The Morgan fingerprint density at radius 2 is 2.21 bits per heavy atom. The van der Waals surface area contributed by atoms with Crippen molar-refractivity contribution in [2.24, 2.45) is 5.92 Å². The third kappa shape index (κ3) is 4.13. The number of carbonyl (C=O) groups is 1. The molecule has 5 heteroatoms. The number of amides is 1. The summed E-state index contributed by atoms with van der Waals surface area (Å²) in [4.78, 5) is 13.8. The first kappa shape index (κ1) is 14.2. The van der Waals surface area contributed by atoms with Gasteiger partial charge in [-0.2, -0.15) is 4.73 Å². The van der Waals surface area contributed by atoms with Gasteiger partial charge in [-0.25, -0.2) is 0 Å². The van der Waals surface area contributed by atoms with Gasteiger partial charge in [0.15, 0.2) is 6.20 Å². The van der Waals surface area contributed by atoms with Gasteiger partial charge in [0.25, 0.3) is 5.03 Å². The van der Waals surface area contributed by atoms with E-state index in [0.29, 0.717) is 16.7 Å². The predicted molar refractivity (Wildman–Crippen MR) is 75.7 cm³/mol. The Morgan fingerprint density at radius 3 is 2.89 bits per heavy atom. The summed E-state index contributed by atoms with van der Waals surface area (Å²) in [5.41, 5.74) is 0. The second-order valence-corrected chi connectivity index (χ2v) is 6.07. The fourth-order valence-electron chi connectivity index (χ4n) is 2.45. The van der Waals surface area contributed by atoms with Crippen LogP contribution in [0.25, 0.3) is 0 Å². The van der Waals surface area contributed by atoms with Gasteiger partial charge in [0.1, 0.15) is 0 Å². The van der Waals surface area contributed by atoms with E-state index in [1.807, 2.05) is 13.1 Å². The largest absolute Gasteiger partial charge is 0.618 e. The maximum Gasteiger partial charge on any atom is 0.251 e. The first-order valence-electron chi connectivity index (χ1n) is 6.72. The maximum absolute atomic E-state index is 12.0. The second-order valence-electron chi connectivity index (χ2n) is 5.08. The molecular formula is C14H20N2O2S. The summed E-state index contributed by atoms with van der Waals surface area (Å²) >= 11 is 1.30. The van der Waals surface area contributed by atoms with Crippen LogP contribution >= 0.6 is 11.8 Å². The van der Waals surface area contributed by atoms with Crippen LogP contribution in [0.1, 0.15) is 25.7 Å². The van der Waals surface area contributed by atoms with Gasteiger partial charge in [0.2, 0.25) is 5.91 Å². The Bertz CT molecular complexity index is 433. The van der Waals surface area contributed by atoms with E-state index in [9.17, 15) is 10.0 Å². The minimum atomic E-state index is 0.0979. The zero-order valence-electron chi connectivity index (χ0n) is 11.2. The first-order chi connectivity index (χ1) is 9.16. The van der Waals surface area contributed by atoms with Crippen molar-refractivity contribution >= 4 is 17.7 Å². The predicted octanol–water partition coefficient (Wildman–Crippen LogP) is 2.06. The number of nitrogens with zero attached hydrogens (tertiary/aromatic N) is 2. The van der Waals surface area contributed by atoms with Gasteiger partial charge in [0, 0.05) is 25.7 Å². The molecule has 0 unspecified atom stereocenters. The molecule has 1 amide bonds. The minimum Gasteiger partial charge on any atom is -0.618 e. The van der Waals surface area contributed by atoms with E-state index in [2.05, 4.69) is 0 Å². The van der Waals surface area contributed by atoms with Gasteiger partial charge < -0.3 is 10.1 Å². The summed E-state index contributed by atoms with van der Waals surface area (Å²) < 4.78 is 0.801. The molecule has 2 rings (SSSR count). The number of carbonyl (C=O) groups excluding carboxylic acids is 1. The van der Waals surface area contributed by atoms with Crippen LogP contribution in [-0.4, -0.2) is 30.2 Å². The van der Waals surface area contributed by atoms with Crippen molar-refractivity contribution in [3.8, 4) is 0 Å². The lowest BCUT2D eigenvalue weighted by Crippen LogP contribution is -2.33. The van der Waals surface area contributed by atoms with Crippen LogP contribution in [0, 0.1) is 11.1 Å². The van der Waals surface area contributed by atoms with Crippen molar-refractivity contribution in [3.63, 3.8) is 0 Å². The Balaban J connectivity index is 1.78. The van der Waals surface area contributed by atoms with E-state index in [1.54, 1.807) is 17.0 Å². The number of aromatic nitrogens is 1. The summed E-state index contributed by atoms with van der Waals surface area (Å²) in [5, 5.41) is 12.0. The molecule has 0 radical (unpaired) electrons. The van der Waals surface area contributed by atoms with Crippen LogP contribution in [0.15, 0.2) is 29.4 Å². The molecule has 1 aliphatic carbocycles. The SMILES string of the molecule is CN(CC1CCCC1)C(=O)CSc1cccc[n+]1[O-]. The number of thioether (sulfide) groups is 1. The summed E-state index contributed by atoms with van der Waals surface area (Å²) in [7, 11) is 1.86. The molecule has 1 aliphatic rings. The lowest BCUT2D eigenvalue weighted by molar-refractivity contribution is -0.645. The van der Waals surface area contributed by atoms with E-state index >= 15 is 0 Å². The molecule has 1 aromatic rings. The normalized spacial score (nSPS) is 15.6. The molecule has 0 bridgehead atoms. The molecule has 1 aromatic heterocycles. The lowest BCUT2D eigenvalue weighted by Gasteiger charge is -2.20. The minimum absolute atomic E-state index is 0.0979. The summed E-state index contributed by atoms with van der Waals surface area (Å²) in [6.07, 6.45) is 6.52. The number of hydrogen-bond acceptors (Lipinski definition) is 3. The van der Waals surface area contributed by atoms with Crippen molar-refractivity contribution < 1.29 is 9.52 Å². The molecule has 0 aromatic carbocycles. The van der Waals surface area contributed by atoms with E-state index < -0.39 is 0 Å². The standard InChI is InChI=1S/C14H20N2O2S/c1-15(10-12-6-2-3-7-12)13(17)11-19-14-8-4-5-9-16(14)18/h4-5,8-9,12H,2-3,6-7,10-11H2,1H3. The Hall–Kier alpha value is -1.23. The van der Waals surface area contributed by atoms with Crippen LogP contribution in [0.5, 0.6) is 0 Å². The average molecular weight is 280 g/mol. The average Bonchev–Trinajstić information content (AvgIpc) is 2.90. The molecule has 0 spiro atoms. The van der Waals surface area contributed by atoms with Gasteiger partial charge in [-0.05, 0) is 36.6 Å². The molecular weight excluding hydrogens is 260 g/mol. The Kier molecular flexibility index (Phi) is 5.07. The highest BCUT2D eigenvalue weighted by Gasteiger charge is 2.20. The van der Waals surface area contributed by atoms with Gasteiger partial charge >= 0.3 is 0 Å². The van der Waals surface area contributed by atoms with Crippen LogP contribution in [0.3, 0.4) is 0 Å². The number of pyridine rings is 1. The molecule has 1 fully saturated rings. The highest BCUT2D eigenvalue weighted by atomic mass is 32.2. The zero-order valence-corrected chi connectivity index (χ0v) is 12.1. The van der Waals surface area contributed by atoms with Crippen LogP contribution in [0.4, 0.5) is 0 Å². The molecule has 19 heavy (non-hydrogen) atoms. The van der Waals surface area contributed by atoms with Crippen LogP contribution in [0.2, 0.25) is 0 Å². The Morgan fingerprint density at radius 1 is 1.47 bits per heavy atom.